The van der Waals surface area contributed by atoms with Gasteiger partial charge < -0.3 is 5.32 Å². The molecular weight excluding hydrogens is 426 g/mol. The SMILES string of the molecule is Cc1cccc(C2=NN(C(=S)NCCc3ccccc3)[C@H](c3ccc4nccnc4c3)C2)c1. The summed E-state index contributed by atoms with van der Waals surface area (Å²) in [6.45, 7) is 2.86. The Morgan fingerprint density at radius 2 is 1.79 bits per heavy atom. The molecule has 0 aliphatic carbocycles. The van der Waals surface area contributed by atoms with Crippen LogP contribution in [0.2, 0.25) is 0 Å². The summed E-state index contributed by atoms with van der Waals surface area (Å²) in [5, 5.41) is 11.0. The highest BCUT2D eigenvalue weighted by molar-refractivity contribution is 7.80. The summed E-state index contributed by atoms with van der Waals surface area (Å²) in [5.74, 6) is 0. The molecule has 33 heavy (non-hydrogen) atoms. The molecule has 5 rings (SSSR count). The van der Waals surface area contributed by atoms with Gasteiger partial charge in [0.2, 0.25) is 0 Å². The van der Waals surface area contributed by atoms with E-state index in [1.165, 1.54) is 11.1 Å². The largest absolute Gasteiger partial charge is 0.361 e. The molecule has 3 aromatic carbocycles. The third kappa shape index (κ3) is 4.76. The van der Waals surface area contributed by atoms with Gasteiger partial charge in [0.25, 0.3) is 0 Å². The van der Waals surface area contributed by atoms with E-state index in [9.17, 15) is 0 Å². The number of thiocarbonyl (C=S) groups is 1. The minimum absolute atomic E-state index is 0.00337. The van der Waals surface area contributed by atoms with Crippen molar-refractivity contribution in [1.82, 2.24) is 20.3 Å². The molecule has 164 valence electrons. The second-order valence-electron chi connectivity index (χ2n) is 8.25. The number of nitrogens with one attached hydrogen (secondary N) is 1. The van der Waals surface area contributed by atoms with Gasteiger partial charge in [-0.25, -0.2) is 5.01 Å². The van der Waals surface area contributed by atoms with Crippen LogP contribution < -0.4 is 5.32 Å². The van der Waals surface area contributed by atoms with E-state index in [-0.39, 0.29) is 6.04 Å². The zero-order valence-electron chi connectivity index (χ0n) is 18.5. The molecule has 5 nitrogen and oxygen atoms in total. The maximum Gasteiger partial charge on any atom is 0.190 e. The first-order valence-corrected chi connectivity index (χ1v) is 11.5. The summed E-state index contributed by atoms with van der Waals surface area (Å²) in [4.78, 5) is 8.89. The van der Waals surface area contributed by atoms with E-state index in [0.717, 1.165) is 47.3 Å². The lowest BCUT2D eigenvalue weighted by Crippen LogP contribution is -2.37. The van der Waals surface area contributed by atoms with Crippen LogP contribution >= 0.6 is 12.2 Å². The zero-order valence-corrected chi connectivity index (χ0v) is 19.3. The molecular formula is C27H25N5S. The molecule has 0 radical (unpaired) electrons. The van der Waals surface area contributed by atoms with Crippen LogP contribution in [0.4, 0.5) is 0 Å². The van der Waals surface area contributed by atoms with Gasteiger partial charge in [0.1, 0.15) is 0 Å². The minimum atomic E-state index is 0.00337. The molecule has 1 aliphatic heterocycles. The fourth-order valence-corrected chi connectivity index (χ4v) is 4.45. The molecule has 4 aromatic rings. The van der Waals surface area contributed by atoms with Crippen molar-refractivity contribution in [3.05, 3.63) is 107 Å². The van der Waals surface area contributed by atoms with E-state index in [0.29, 0.717) is 5.11 Å². The van der Waals surface area contributed by atoms with Gasteiger partial charge in [0, 0.05) is 25.4 Å². The molecule has 1 aliphatic rings. The van der Waals surface area contributed by atoms with Crippen molar-refractivity contribution < 1.29 is 0 Å². The second kappa shape index (κ2) is 9.46. The molecule has 0 spiro atoms. The lowest BCUT2D eigenvalue weighted by Gasteiger charge is -2.25. The highest BCUT2D eigenvalue weighted by Gasteiger charge is 2.31. The Labute approximate surface area is 199 Å². The second-order valence-corrected chi connectivity index (χ2v) is 8.64. The van der Waals surface area contributed by atoms with E-state index in [4.69, 9.17) is 17.3 Å². The lowest BCUT2D eigenvalue weighted by atomic mass is 9.97. The zero-order chi connectivity index (χ0) is 22.6. The Hall–Kier alpha value is -3.64. The van der Waals surface area contributed by atoms with Gasteiger partial charge in [-0.3, -0.25) is 9.97 Å². The lowest BCUT2D eigenvalue weighted by molar-refractivity contribution is 0.364. The average Bonchev–Trinajstić information content (AvgIpc) is 3.30. The molecule has 0 amide bonds. The van der Waals surface area contributed by atoms with Gasteiger partial charge in [-0.2, -0.15) is 5.10 Å². The maximum absolute atomic E-state index is 5.81. The summed E-state index contributed by atoms with van der Waals surface area (Å²) in [5.41, 5.74) is 7.56. The van der Waals surface area contributed by atoms with Gasteiger partial charge in [-0.1, -0.05) is 66.2 Å². The number of hydrogen-bond acceptors (Lipinski definition) is 4. The Balaban J connectivity index is 1.41. The van der Waals surface area contributed by atoms with Crippen molar-refractivity contribution in [3.8, 4) is 0 Å². The van der Waals surface area contributed by atoms with Gasteiger partial charge in [-0.15, -0.1) is 0 Å². The molecule has 0 saturated carbocycles. The van der Waals surface area contributed by atoms with Gasteiger partial charge in [0.15, 0.2) is 5.11 Å². The Morgan fingerprint density at radius 3 is 2.61 bits per heavy atom. The van der Waals surface area contributed by atoms with Crippen LogP contribution in [-0.4, -0.2) is 32.3 Å². The fraction of sp³-hybridized carbons (Fsp3) is 0.185. The monoisotopic (exact) mass is 451 g/mol. The third-order valence-corrected chi connectivity index (χ3v) is 6.21. The summed E-state index contributed by atoms with van der Waals surface area (Å²) >= 11 is 5.81. The van der Waals surface area contributed by atoms with Gasteiger partial charge in [-0.05, 0) is 54.4 Å². The normalized spacial score (nSPS) is 15.5. The van der Waals surface area contributed by atoms with E-state index < -0.39 is 0 Å². The molecule has 0 saturated heterocycles. The number of fused-ring (bicyclic) bond motifs is 1. The van der Waals surface area contributed by atoms with Gasteiger partial charge >= 0.3 is 0 Å². The number of nitrogens with zero attached hydrogens (tertiary/aromatic N) is 4. The summed E-state index contributed by atoms with van der Waals surface area (Å²) in [6.07, 6.45) is 5.12. The molecule has 0 unspecified atom stereocenters. The Kier molecular flexibility index (Phi) is 6.09. The van der Waals surface area contributed by atoms with Crippen LogP contribution in [0.25, 0.3) is 11.0 Å². The predicted octanol–water partition coefficient (Wildman–Crippen LogP) is 5.21. The first-order chi connectivity index (χ1) is 16.2. The number of aromatic nitrogens is 2. The number of aryl methyl sites for hydroxylation is 1. The van der Waals surface area contributed by atoms with Crippen molar-refractivity contribution in [2.75, 3.05) is 6.54 Å². The maximum atomic E-state index is 5.81. The molecule has 1 N–H and O–H groups in total. The molecule has 6 heteroatoms. The topological polar surface area (TPSA) is 53.4 Å². The molecule has 0 fully saturated rings. The van der Waals surface area contributed by atoms with Crippen LogP contribution in [-0.2, 0) is 6.42 Å². The molecule has 0 bridgehead atoms. The number of benzene rings is 3. The standard InChI is InChI=1S/C27H25N5S/c1-19-6-5-9-21(16-19)24-18-26(22-10-11-23-25(17-22)29-15-14-28-23)32(31-24)27(33)30-13-12-20-7-3-2-4-8-20/h2-11,14-17,26H,12-13,18H2,1H3,(H,30,33)/t26-/m0/s1. The third-order valence-electron chi connectivity index (χ3n) is 5.88. The summed E-state index contributed by atoms with van der Waals surface area (Å²) in [7, 11) is 0. The average molecular weight is 452 g/mol. The van der Waals surface area contributed by atoms with E-state index in [1.54, 1.807) is 12.4 Å². The molecule has 1 aromatic heterocycles. The first kappa shape index (κ1) is 21.2. The van der Waals surface area contributed by atoms with Gasteiger partial charge in [0.05, 0.1) is 22.8 Å². The molecule has 2 heterocycles. The summed E-state index contributed by atoms with van der Waals surface area (Å²) in [6, 6.07) is 25.1. The first-order valence-electron chi connectivity index (χ1n) is 11.1. The minimum Gasteiger partial charge on any atom is -0.361 e. The van der Waals surface area contributed by atoms with E-state index in [1.807, 2.05) is 17.1 Å². The van der Waals surface area contributed by atoms with Crippen LogP contribution in [0.15, 0.2) is 90.3 Å². The van der Waals surface area contributed by atoms with Crippen LogP contribution in [0, 0.1) is 6.92 Å². The Morgan fingerprint density at radius 1 is 0.970 bits per heavy atom. The highest BCUT2D eigenvalue weighted by Crippen LogP contribution is 2.34. The van der Waals surface area contributed by atoms with Crippen molar-refractivity contribution in [3.63, 3.8) is 0 Å². The predicted molar refractivity (Wildman–Crippen MR) is 137 cm³/mol. The number of rotatable bonds is 5. The van der Waals surface area contributed by atoms with E-state index in [2.05, 4.69) is 82.9 Å². The summed E-state index contributed by atoms with van der Waals surface area (Å²) < 4.78 is 0. The van der Waals surface area contributed by atoms with Crippen molar-refractivity contribution >= 4 is 34.1 Å². The van der Waals surface area contributed by atoms with Crippen LogP contribution in [0.5, 0.6) is 0 Å². The smallest absolute Gasteiger partial charge is 0.190 e. The number of hydrogen-bond donors (Lipinski definition) is 1. The van der Waals surface area contributed by atoms with Crippen LogP contribution in [0.1, 0.15) is 34.7 Å². The van der Waals surface area contributed by atoms with Crippen molar-refractivity contribution in [2.24, 2.45) is 5.10 Å². The molecule has 1 atom stereocenters. The Bertz CT molecular complexity index is 1320. The quantitative estimate of drug-likeness (QED) is 0.422. The van der Waals surface area contributed by atoms with Crippen LogP contribution in [0.3, 0.4) is 0 Å². The van der Waals surface area contributed by atoms with Crippen molar-refractivity contribution in [1.29, 1.82) is 0 Å². The van der Waals surface area contributed by atoms with E-state index >= 15 is 0 Å². The number of hydrazone groups is 1. The van der Waals surface area contributed by atoms with Crippen molar-refractivity contribution in [2.45, 2.75) is 25.8 Å². The highest BCUT2D eigenvalue weighted by atomic mass is 32.1. The fourth-order valence-electron chi connectivity index (χ4n) is 4.18.